The third-order valence-corrected chi connectivity index (χ3v) is 17.7. The minimum Gasteiger partial charge on any atom is -0.310 e. The number of benzene rings is 12. The Balaban J connectivity index is 0.874. The Labute approximate surface area is 458 Å². The summed E-state index contributed by atoms with van der Waals surface area (Å²) in [5.41, 5.74) is 27.9. The van der Waals surface area contributed by atoms with Crippen molar-refractivity contribution in [3.63, 3.8) is 0 Å². The van der Waals surface area contributed by atoms with E-state index in [1.165, 1.54) is 111 Å². The summed E-state index contributed by atoms with van der Waals surface area (Å²) in [6, 6.07) is 111. The van der Waals surface area contributed by atoms with E-state index in [0.717, 1.165) is 17.1 Å². The number of anilines is 3. The van der Waals surface area contributed by atoms with Gasteiger partial charge < -0.3 is 4.90 Å². The molecule has 1 nitrogen and oxygen atoms in total. The van der Waals surface area contributed by atoms with E-state index in [-0.39, 0.29) is 5.41 Å². The van der Waals surface area contributed by atoms with E-state index >= 15 is 0 Å². The van der Waals surface area contributed by atoms with Crippen molar-refractivity contribution in [2.24, 2.45) is 0 Å². The fourth-order valence-electron chi connectivity index (χ4n) is 14.3. The van der Waals surface area contributed by atoms with E-state index in [4.69, 9.17) is 0 Å². The van der Waals surface area contributed by atoms with Crippen molar-refractivity contribution in [1.82, 2.24) is 0 Å². The Kier molecular flexibility index (Phi) is 10.4. The van der Waals surface area contributed by atoms with Gasteiger partial charge in [0.15, 0.2) is 0 Å². The Morgan fingerprint density at radius 2 is 0.551 bits per heavy atom. The molecule has 368 valence electrons. The van der Waals surface area contributed by atoms with Gasteiger partial charge in [-0.2, -0.15) is 0 Å². The van der Waals surface area contributed by atoms with Crippen LogP contribution in [0.5, 0.6) is 0 Å². The van der Waals surface area contributed by atoms with Crippen LogP contribution in [-0.2, 0) is 16.2 Å². The lowest BCUT2D eigenvalue weighted by Crippen LogP contribution is -2.28. The molecule has 15 rings (SSSR count). The van der Waals surface area contributed by atoms with Crippen molar-refractivity contribution >= 4 is 17.1 Å². The highest BCUT2D eigenvalue weighted by Crippen LogP contribution is 2.60. The molecule has 78 heavy (non-hydrogen) atoms. The number of nitrogens with zero attached hydrogens (tertiary/aromatic N) is 1. The first-order valence-corrected chi connectivity index (χ1v) is 27.4. The van der Waals surface area contributed by atoms with Crippen molar-refractivity contribution in [3.05, 3.63) is 353 Å². The highest BCUT2D eigenvalue weighted by molar-refractivity contribution is 5.98. The summed E-state index contributed by atoms with van der Waals surface area (Å²) in [5, 5.41) is 0. The van der Waals surface area contributed by atoms with Crippen molar-refractivity contribution < 1.29 is 0 Å². The summed E-state index contributed by atoms with van der Waals surface area (Å²) < 4.78 is 0. The monoisotopic (exact) mass is 993 g/mol. The maximum absolute atomic E-state index is 2.45. The number of hydrogen-bond donors (Lipinski definition) is 0. The first kappa shape index (κ1) is 45.8. The van der Waals surface area contributed by atoms with Crippen LogP contribution in [0.3, 0.4) is 0 Å². The van der Waals surface area contributed by atoms with Crippen molar-refractivity contribution in [1.29, 1.82) is 0 Å². The Morgan fingerprint density at radius 1 is 0.231 bits per heavy atom. The summed E-state index contributed by atoms with van der Waals surface area (Å²) in [6.45, 7) is 4.74. The van der Waals surface area contributed by atoms with Crippen molar-refractivity contribution in [2.75, 3.05) is 4.90 Å². The zero-order valence-electron chi connectivity index (χ0n) is 43.7. The molecule has 0 heterocycles. The third kappa shape index (κ3) is 6.55. The molecule has 0 bridgehead atoms. The van der Waals surface area contributed by atoms with Crippen LogP contribution in [-0.4, -0.2) is 0 Å². The predicted octanol–water partition coefficient (Wildman–Crippen LogP) is 19.5. The van der Waals surface area contributed by atoms with Crippen LogP contribution in [0.15, 0.2) is 297 Å². The zero-order chi connectivity index (χ0) is 52.0. The Morgan fingerprint density at radius 3 is 0.974 bits per heavy atom. The van der Waals surface area contributed by atoms with Gasteiger partial charge in [-0.05, 0) is 148 Å². The molecule has 12 aromatic carbocycles. The fourth-order valence-corrected chi connectivity index (χ4v) is 14.3. The van der Waals surface area contributed by atoms with Crippen LogP contribution < -0.4 is 4.90 Å². The molecule has 3 aliphatic carbocycles. The van der Waals surface area contributed by atoms with Gasteiger partial charge in [0, 0.05) is 22.5 Å². The molecule has 3 aliphatic rings. The van der Waals surface area contributed by atoms with Crippen LogP contribution >= 0.6 is 0 Å². The summed E-state index contributed by atoms with van der Waals surface area (Å²) >= 11 is 0. The van der Waals surface area contributed by atoms with Crippen LogP contribution in [0.2, 0.25) is 0 Å². The first-order chi connectivity index (χ1) is 38.5. The molecule has 0 N–H and O–H groups in total. The lowest BCUT2D eigenvalue weighted by molar-refractivity contribution is 0.660. The normalized spacial score (nSPS) is 14.3. The third-order valence-electron chi connectivity index (χ3n) is 17.7. The molecule has 0 fully saturated rings. The van der Waals surface area contributed by atoms with Crippen LogP contribution in [0.25, 0.3) is 55.6 Å². The topological polar surface area (TPSA) is 3.24 Å². The molecular formula is C77H55N. The van der Waals surface area contributed by atoms with E-state index in [1.54, 1.807) is 0 Å². The Bertz CT molecular complexity index is 3950. The second-order valence-corrected chi connectivity index (χ2v) is 21.8. The van der Waals surface area contributed by atoms with Gasteiger partial charge >= 0.3 is 0 Å². The van der Waals surface area contributed by atoms with Crippen molar-refractivity contribution in [2.45, 2.75) is 30.1 Å². The van der Waals surface area contributed by atoms with Crippen molar-refractivity contribution in [3.8, 4) is 55.6 Å². The van der Waals surface area contributed by atoms with Crippen LogP contribution in [0.4, 0.5) is 17.1 Å². The van der Waals surface area contributed by atoms with Gasteiger partial charge in [-0.3, -0.25) is 0 Å². The molecular weight excluding hydrogens is 939 g/mol. The van der Waals surface area contributed by atoms with Gasteiger partial charge in [0.2, 0.25) is 0 Å². The minimum absolute atomic E-state index is 0.154. The van der Waals surface area contributed by atoms with Crippen LogP contribution in [0, 0.1) is 0 Å². The number of fused-ring (bicyclic) bond motifs is 9. The van der Waals surface area contributed by atoms with Gasteiger partial charge in [0.05, 0.1) is 10.8 Å². The summed E-state index contributed by atoms with van der Waals surface area (Å²) in [4.78, 5) is 2.45. The standard InChI is InChI=1S/C77H55N/c1-75(2)67-36-18-15-31-63(67)64-50-49-60(51-72(64)75)78(58-45-41-52(42-46-58)61-34-21-39-70-73(61)65-32-16-19-37-68(65)76(70,54-23-7-3-8-24-54)55-25-9-4-10-26-55)59-47-43-53(44-48-59)62-35-22-40-71-74(62)66-33-17-20-38-69(66)77(71,56-27-11-5-12-28-56)57-29-13-6-14-30-57/h3-51H,1-2H3. The molecule has 0 amide bonds. The lowest BCUT2D eigenvalue weighted by Gasteiger charge is -2.34. The van der Waals surface area contributed by atoms with Gasteiger partial charge in [-0.1, -0.05) is 275 Å². The molecule has 0 spiro atoms. The van der Waals surface area contributed by atoms with E-state index in [9.17, 15) is 0 Å². The molecule has 0 unspecified atom stereocenters. The SMILES string of the molecule is CC1(C)c2ccccc2-c2ccc(N(c3ccc(-c4cccc5c4-c4ccccc4C5(c4ccccc4)c4ccccc4)cc3)c3ccc(-c4cccc5c4-c4ccccc4C5(c4ccccc4)c4ccccc4)cc3)cc21. The largest absolute Gasteiger partial charge is 0.310 e. The molecule has 0 saturated heterocycles. The average molecular weight is 994 g/mol. The Hall–Kier alpha value is -9.56. The van der Waals surface area contributed by atoms with Gasteiger partial charge in [0.1, 0.15) is 0 Å². The summed E-state index contributed by atoms with van der Waals surface area (Å²) in [6.07, 6.45) is 0. The highest BCUT2D eigenvalue weighted by Gasteiger charge is 2.48. The minimum atomic E-state index is -0.468. The van der Waals surface area contributed by atoms with Gasteiger partial charge in [-0.25, -0.2) is 0 Å². The first-order valence-electron chi connectivity index (χ1n) is 27.4. The second-order valence-electron chi connectivity index (χ2n) is 21.8. The highest BCUT2D eigenvalue weighted by atomic mass is 15.1. The van der Waals surface area contributed by atoms with E-state index < -0.39 is 10.8 Å². The fraction of sp³-hybridized carbons (Fsp3) is 0.0649. The predicted molar refractivity (Wildman–Crippen MR) is 324 cm³/mol. The van der Waals surface area contributed by atoms with Crippen LogP contribution in [0.1, 0.15) is 69.5 Å². The summed E-state index contributed by atoms with van der Waals surface area (Å²) in [7, 11) is 0. The molecule has 0 saturated carbocycles. The molecule has 0 aromatic heterocycles. The number of hydrogen-bond acceptors (Lipinski definition) is 1. The van der Waals surface area contributed by atoms with E-state index in [1.807, 2.05) is 0 Å². The quantitative estimate of drug-likeness (QED) is 0.139. The maximum atomic E-state index is 2.45. The van der Waals surface area contributed by atoms with Gasteiger partial charge in [0.25, 0.3) is 0 Å². The van der Waals surface area contributed by atoms with E-state index in [0.29, 0.717) is 0 Å². The maximum Gasteiger partial charge on any atom is 0.0713 e. The van der Waals surface area contributed by atoms with Gasteiger partial charge in [-0.15, -0.1) is 0 Å². The molecule has 0 atom stereocenters. The molecule has 12 aromatic rings. The lowest BCUT2D eigenvalue weighted by atomic mass is 9.67. The number of rotatable bonds is 9. The molecule has 0 aliphatic heterocycles. The zero-order valence-corrected chi connectivity index (χ0v) is 43.7. The average Bonchev–Trinajstić information content (AvgIpc) is 3.39. The second kappa shape index (κ2) is 17.8. The van der Waals surface area contributed by atoms with E-state index in [2.05, 4.69) is 316 Å². The summed E-state index contributed by atoms with van der Waals surface area (Å²) in [5.74, 6) is 0. The molecule has 0 radical (unpaired) electrons. The molecule has 1 heteroatoms. The smallest absolute Gasteiger partial charge is 0.0713 e.